The van der Waals surface area contributed by atoms with Crippen LogP contribution in [0.25, 0.3) is 22.7 Å². The van der Waals surface area contributed by atoms with Gasteiger partial charge in [-0.05, 0) is 30.3 Å². The Kier molecular flexibility index (Phi) is 2.50. The monoisotopic (exact) mass is 264 g/mol. The molecule has 17 heavy (non-hydrogen) atoms. The molecule has 0 aliphatic rings. The molecule has 0 N–H and O–H groups in total. The number of pyridine rings is 1. The fourth-order valence-electron chi connectivity index (χ4n) is 1.54. The van der Waals surface area contributed by atoms with Crippen molar-refractivity contribution in [2.75, 3.05) is 0 Å². The minimum absolute atomic E-state index is 0.405. The van der Waals surface area contributed by atoms with Crippen LogP contribution in [0.2, 0.25) is 10.2 Å². The quantitative estimate of drug-likeness (QED) is 0.619. The van der Waals surface area contributed by atoms with Gasteiger partial charge >= 0.3 is 0 Å². The van der Waals surface area contributed by atoms with Gasteiger partial charge < -0.3 is 4.42 Å². The number of fused-ring (bicyclic) bond motifs is 1. The Bertz CT molecular complexity index is 694. The highest BCUT2D eigenvalue weighted by molar-refractivity contribution is 6.31. The number of halogens is 2. The first-order chi connectivity index (χ1) is 8.22. The maximum absolute atomic E-state index is 5.88. The van der Waals surface area contributed by atoms with E-state index in [1.165, 1.54) is 0 Å². The summed E-state index contributed by atoms with van der Waals surface area (Å²) in [5, 5.41) is 1.03. The zero-order valence-corrected chi connectivity index (χ0v) is 10.0. The summed E-state index contributed by atoms with van der Waals surface area (Å²) < 4.78 is 5.57. The second-order valence-corrected chi connectivity index (χ2v) is 4.30. The Morgan fingerprint density at radius 3 is 2.71 bits per heavy atom. The van der Waals surface area contributed by atoms with Crippen molar-refractivity contribution in [2.45, 2.75) is 0 Å². The van der Waals surface area contributed by atoms with Gasteiger partial charge in [-0.25, -0.2) is 9.97 Å². The molecule has 0 amide bonds. The van der Waals surface area contributed by atoms with E-state index in [1.54, 1.807) is 36.4 Å². The largest absolute Gasteiger partial charge is 0.435 e. The van der Waals surface area contributed by atoms with Crippen LogP contribution in [0, 0.1) is 0 Å². The van der Waals surface area contributed by atoms with E-state index in [-0.39, 0.29) is 0 Å². The molecule has 84 valence electrons. The van der Waals surface area contributed by atoms with Crippen molar-refractivity contribution in [3.63, 3.8) is 0 Å². The number of oxazole rings is 1. The third-order valence-corrected chi connectivity index (χ3v) is 2.73. The van der Waals surface area contributed by atoms with Crippen LogP contribution in [0.1, 0.15) is 0 Å². The topological polar surface area (TPSA) is 38.9 Å². The summed E-state index contributed by atoms with van der Waals surface area (Å²) in [5.41, 5.74) is 1.98. The normalized spacial score (nSPS) is 10.9. The van der Waals surface area contributed by atoms with E-state index >= 15 is 0 Å². The Morgan fingerprint density at radius 2 is 1.88 bits per heavy atom. The van der Waals surface area contributed by atoms with Crippen LogP contribution in [-0.2, 0) is 0 Å². The van der Waals surface area contributed by atoms with Crippen LogP contribution in [-0.4, -0.2) is 9.97 Å². The van der Waals surface area contributed by atoms with Crippen LogP contribution in [0.3, 0.4) is 0 Å². The molecular weight excluding hydrogens is 259 g/mol. The average molecular weight is 265 g/mol. The lowest BCUT2D eigenvalue weighted by Crippen LogP contribution is -1.82. The van der Waals surface area contributed by atoms with Gasteiger partial charge in [0.05, 0.1) is 0 Å². The number of rotatable bonds is 1. The predicted octanol–water partition coefficient (Wildman–Crippen LogP) is 4.20. The Morgan fingerprint density at radius 1 is 1.00 bits per heavy atom. The number of aromatic nitrogens is 2. The predicted molar refractivity (Wildman–Crippen MR) is 67.3 cm³/mol. The number of hydrogen-bond donors (Lipinski definition) is 0. The van der Waals surface area contributed by atoms with Crippen molar-refractivity contribution in [3.05, 3.63) is 46.6 Å². The lowest BCUT2D eigenvalue weighted by atomic mass is 10.3. The first kappa shape index (κ1) is 10.6. The van der Waals surface area contributed by atoms with Gasteiger partial charge in [-0.1, -0.05) is 29.3 Å². The van der Waals surface area contributed by atoms with Crippen molar-refractivity contribution in [3.8, 4) is 11.6 Å². The van der Waals surface area contributed by atoms with Crippen LogP contribution in [0.15, 0.2) is 40.8 Å². The lowest BCUT2D eigenvalue weighted by molar-refractivity contribution is 0.617. The van der Waals surface area contributed by atoms with Gasteiger partial charge in [0.2, 0.25) is 5.89 Å². The molecule has 3 nitrogen and oxygen atoms in total. The van der Waals surface area contributed by atoms with E-state index < -0.39 is 0 Å². The van der Waals surface area contributed by atoms with Gasteiger partial charge in [0.15, 0.2) is 5.58 Å². The molecule has 0 fully saturated rings. The highest BCUT2D eigenvalue weighted by Gasteiger charge is 2.09. The van der Waals surface area contributed by atoms with Gasteiger partial charge in [0.25, 0.3) is 0 Å². The summed E-state index contributed by atoms with van der Waals surface area (Å²) in [4.78, 5) is 8.45. The number of benzene rings is 1. The molecule has 2 heterocycles. The zero-order valence-electron chi connectivity index (χ0n) is 8.52. The van der Waals surface area contributed by atoms with E-state index in [9.17, 15) is 0 Å². The van der Waals surface area contributed by atoms with E-state index in [0.29, 0.717) is 32.9 Å². The molecule has 3 rings (SSSR count). The summed E-state index contributed by atoms with van der Waals surface area (Å²) in [6.45, 7) is 0. The summed E-state index contributed by atoms with van der Waals surface area (Å²) in [7, 11) is 0. The van der Waals surface area contributed by atoms with Crippen LogP contribution >= 0.6 is 23.2 Å². The minimum atomic E-state index is 0.405. The highest BCUT2D eigenvalue weighted by atomic mass is 35.5. The molecule has 0 saturated carbocycles. The van der Waals surface area contributed by atoms with Gasteiger partial charge in [-0.3, -0.25) is 0 Å². The van der Waals surface area contributed by atoms with E-state index in [2.05, 4.69) is 9.97 Å². The molecule has 0 bridgehead atoms. The number of nitrogens with zero attached hydrogens (tertiary/aromatic N) is 2. The van der Waals surface area contributed by atoms with E-state index in [0.717, 1.165) is 0 Å². The highest BCUT2D eigenvalue weighted by Crippen LogP contribution is 2.25. The van der Waals surface area contributed by atoms with Crippen LogP contribution < -0.4 is 0 Å². The SMILES string of the molecule is Clc1ccc2oc(-c3cccc(Cl)n3)nc2c1. The number of hydrogen-bond acceptors (Lipinski definition) is 3. The van der Waals surface area contributed by atoms with Crippen LogP contribution in [0.4, 0.5) is 0 Å². The van der Waals surface area contributed by atoms with Crippen molar-refractivity contribution < 1.29 is 4.42 Å². The fraction of sp³-hybridized carbons (Fsp3) is 0. The lowest BCUT2D eigenvalue weighted by Gasteiger charge is -1.93. The van der Waals surface area contributed by atoms with Gasteiger partial charge in [0.1, 0.15) is 16.4 Å². The third kappa shape index (κ3) is 1.99. The second-order valence-electron chi connectivity index (χ2n) is 3.48. The molecule has 0 unspecified atom stereocenters. The summed E-state index contributed by atoms with van der Waals surface area (Å²) in [6, 6.07) is 10.6. The van der Waals surface area contributed by atoms with Crippen molar-refractivity contribution in [1.82, 2.24) is 9.97 Å². The smallest absolute Gasteiger partial charge is 0.246 e. The summed E-state index contributed by atoms with van der Waals surface area (Å²) >= 11 is 11.7. The van der Waals surface area contributed by atoms with Gasteiger partial charge in [0, 0.05) is 5.02 Å². The maximum Gasteiger partial charge on any atom is 0.246 e. The minimum Gasteiger partial charge on any atom is -0.435 e. The Balaban J connectivity index is 2.18. The molecule has 5 heteroatoms. The molecule has 0 aliphatic carbocycles. The molecular formula is C12H6Cl2N2O. The summed E-state index contributed by atoms with van der Waals surface area (Å²) in [5.74, 6) is 0.435. The molecule has 0 aliphatic heterocycles. The summed E-state index contributed by atoms with van der Waals surface area (Å²) in [6.07, 6.45) is 0. The zero-order chi connectivity index (χ0) is 11.8. The molecule has 3 aromatic rings. The van der Waals surface area contributed by atoms with Crippen LogP contribution in [0.5, 0.6) is 0 Å². The van der Waals surface area contributed by atoms with Gasteiger partial charge in [-0.15, -0.1) is 0 Å². The fourth-order valence-corrected chi connectivity index (χ4v) is 1.87. The molecule has 0 atom stereocenters. The molecule has 0 saturated heterocycles. The molecule has 1 aromatic carbocycles. The first-order valence-corrected chi connectivity index (χ1v) is 5.67. The van der Waals surface area contributed by atoms with Gasteiger partial charge in [-0.2, -0.15) is 0 Å². The Labute approximate surface area is 107 Å². The maximum atomic E-state index is 5.88. The first-order valence-electron chi connectivity index (χ1n) is 4.91. The average Bonchev–Trinajstić information content (AvgIpc) is 2.72. The standard InChI is InChI=1S/C12H6Cl2N2O/c13-7-4-5-10-9(6-7)16-12(17-10)8-2-1-3-11(14)15-8/h1-6H. The van der Waals surface area contributed by atoms with E-state index in [4.69, 9.17) is 27.6 Å². The van der Waals surface area contributed by atoms with Crippen molar-refractivity contribution >= 4 is 34.3 Å². The molecule has 2 aromatic heterocycles. The Hall–Kier alpha value is -1.58. The van der Waals surface area contributed by atoms with E-state index in [1.807, 2.05) is 0 Å². The second kappa shape index (κ2) is 4.02. The van der Waals surface area contributed by atoms with Crippen molar-refractivity contribution in [1.29, 1.82) is 0 Å². The van der Waals surface area contributed by atoms with Crippen molar-refractivity contribution in [2.24, 2.45) is 0 Å². The molecule has 0 radical (unpaired) electrons. The third-order valence-electron chi connectivity index (χ3n) is 2.28. The molecule has 0 spiro atoms.